The second kappa shape index (κ2) is 5.79. The molecule has 20 heavy (non-hydrogen) atoms. The Morgan fingerprint density at radius 3 is 3.30 bits per heavy atom. The maximum absolute atomic E-state index is 12.3. The van der Waals surface area contributed by atoms with Crippen LogP contribution >= 0.6 is 11.3 Å². The Bertz CT molecular complexity index is 588. The quantitative estimate of drug-likeness (QED) is 0.940. The number of rotatable bonds is 4. The molecule has 2 aromatic heterocycles. The topological polar surface area (TPSA) is 46.9 Å². The number of amides is 1. The summed E-state index contributed by atoms with van der Waals surface area (Å²) in [5.74, 6) is 0.815. The van der Waals surface area contributed by atoms with Gasteiger partial charge in [-0.2, -0.15) is 0 Å². The van der Waals surface area contributed by atoms with Crippen molar-refractivity contribution in [2.45, 2.75) is 32.7 Å². The molecule has 0 saturated carbocycles. The number of aromatic nitrogens is 2. The van der Waals surface area contributed by atoms with Crippen LogP contribution in [-0.2, 0) is 19.4 Å². The normalized spacial score (nSPS) is 17.8. The van der Waals surface area contributed by atoms with E-state index in [2.05, 4.69) is 17.2 Å². The van der Waals surface area contributed by atoms with Gasteiger partial charge in [-0.05, 0) is 30.7 Å². The molecule has 1 aliphatic rings. The smallest absolute Gasteiger partial charge is 0.252 e. The molecule has 0 aliphatic heterocycles. The minimum absolute atomic E-state index is 0.0668. The number of hydrogen-bond donors (Lipinski definition) is 1. The standard InChI is InChI=1S/C15H19N3OS/c1-11-2-3-12-13(9-20-14(12)8-11)15(19)17-5-7-18-6-4-16-10-18/h4,6,9-11H,2-3,5,7-8H2,1H3,(H,17,19)/t11-/m1/s1. The van der Waals surface area contributed by atoms with E-state index in [1.807, 2.05) is 16.1 Å². The van der Waals surface area contributed by atoms with E-state index in [0.717, 1.165) is 30.9 Å². The maximum Gasteiger partial charge on any atom is 0.252 e. The van der Waals surface area contributed by atoms with Gasteiger partial charge >= 0.3 is 0 Å². The average Bonchev–Trinajstić information content (AvgIpc) is 3.07. The van der Waals surface area contributed by atoms with Crippen LogP contribution in [0.3, 0.4) is 0 Å². The van der Waals surface area contributed by atoms with Gasteiger partial charge in [-0.15, -0.1) is 11.3 Å². The molecule has 2 aromatic rings. The first kappa shape index (κ1) is 13.4. The van der Waals surface area contributed by atoms with Crippen LogP contribution in [0.1, 0.15) is 34.1 Å². The van der Waals surface area contributed by atoms with E-state index >= 15 is 0 Å². The van der Waals surface area contributed by atoms with Gasteiger partial charge in [0.1, 0.15) is 0 Å². The van der Waals surface area contributed by atoms with Crippen molar-refractivity contribution in [3.05, 3.63) is 40.1 Å². The number of thiophene rings is 1. The zero-order valence-electron chi connectivity index (χ0n) is 11.6. The predicted molar refractivity (Wildman–Crippen MR) is 80.1 cm³/mol. The van der Waals surface area contributed by atoms with Crippen LogP contribution in [-0.4, -0.2) is 22.0 Å². The van der Waals surface area contributed by atoms with E-state index in [1.165, 1.54) is 16.9 Å². The van der Waals surface area contributed by atoms with E-state index < -0.39 is 0 Å². The van der Waals surface area contributed by atoms with Gasteiger partial charge in [-0.25, -0.2) is 4.98 Å². The summed E-state index contributed by atoms with van der Waals surface area (Å²) in [5, 5.41) is 5.03. The summed E-state index contributed by atoms with van der Waals surface area (Å²) in [6, 6.07) is 0. The zero-order valence-corrected chi connectivity index (χ0v) is 12.4. The molecule has 4 nitrogen and oxygen atoms in total. The summed E-state index contributed by atoms with van der Waals surface area (Å²) in [6.07, 6.45) is 8.78. The third-order valence-corrected chi connectivity index (χ3v) is 4.91. The molecule has 106 valence electrons. The molecule has 3 rings (SSSR count). The fraction of sp³-hybridized carbons (Fsp3) is 0.467. The highest BCUT2D eigenvalue weighted by Crippen LogP contribution is 2.32. The van der Waals surface area contributed by atoms with E-state index in [0.29, 0.717) is 6.54 Å². The first-order valence-electron chi connectivity index (χ1n) is 7.07. The average molecular weight is 289 g/mol. The number of nitrogens with one attached hydrogen (secondary N) is 1. The number of imidazole rings is 1. The first-order valence-corrected chi connectivity index (χ1v) is 7.95. The summed E-state index contributed by atoms with van der Waals surface area (Å²) < 4.78 is 1.96. The van der Waals surface area contributed by atoms with Crippen LogP contribution in [0, 0.1) is 5.92 Å². The fourth-order valence-electron chi connectivity index (χ4n) is 2.68. The molecule has 1 N–H and O–H groups in total. The van der Waals surface area contributed by atoms with Crippen LogP contribution < -0.4 is 5.32 Å². The Hall–Kier alpha value is -1.62. The number of hydrogen-bond acceptors (Lipinski definition) is 3. The van der Waals surface area contributed by atoms with E-state index in [-0.39, 0.29) is 5.91 Å². The van der Waals surface area contributed by atoms with Crippen molar-refractivity contribution in [1.29, 1.82) is 0 Å². The minimum atomic E-state index is 0.0668. The Morgan fingerprint density at radius 1 is 1.60 bits per heavy atom. The summed E-state index contributed by atoms with van der Waals surface area (Å²) in [6.45, 7) is 3.68. The Balaban J connectivity index is 1.60. The molecule has 0 radical (unpaired) electrons. The maximum atomic E-state index is 12.3. The van der Waals surface area contributed by atoms with Gasteiger partial charge in [0.2, 0.25) is 0 Å². The molecule has 0 spiro atoms. The van der Waals surface area contributed by atoms with Crippen molar-refractivity contribution >= 4 is 17.2 Å². The van der Waals surface area contributed by atoms with Crippen molar-refractivity contribution in [1.82, 2.24) is 14.9 Å². The van der Waals surface area contributed by atoms with E-state index in [9.17, 15) is 4.79 Å². The summed E-state index contributed by atoms with van der Waals surface area (Å²) in [4.78, 5) is 17.7. The van der Waals surface area contributed by atoms with Gasteiger partial charge in [-0.3, -0.25) is 4.79 Å². The Kier molecular flexibility index (Phi) is 3.87. The lowest BCUT2D eigenvalue weighted by atomic mass is 9.88. The molecular weight excluding hydrogens is 270 g/mol. The summed E-state index contributed by atoms with van der Waals surface area (Å²) in [7, 11) is 0. The third-order valence-electron chi connectivity index (χ3n) is 3.86. The van der Waals surface area contributed by atoms with Crippen molar-refractivity contribution in [3.8, 4) is 0 Å². The van der Waals surface area contributed by atoms with Crippen LogP contribution in [0.2, 0.25) is 0 Å². The SMILES string of the molecule is C[C@@H]1CCc2c(C(=O)NCCn3ccnc3)csc2C1. The lowest BCUT2D eigenvalue weighted by Gasteiger charge is -2.18. The molecule has 1 atom stereocenters. The first-order chi connectivity index (χ1) is 9.74. The zero-order chi connectivity index (χ0) is 13.9. The van der Waals surface area contributed by atoms with Gasteiger partial charge in [0.15, 0.2) is 0 Å². The lowest BCUT2D eigenvalue weighted by molar-refractivity contribution is 0.0951. The van der Waals surface area contributed by atoms with Crippen molar-refractivity contribution in [2.24, 2.45) is 5.92 Å². The van der Waals surface area contributed by atoms with Crippen molar-refractivity contribution in [2.75, 3.05) is 6.54 Å². The summed E-state index contributed by atoms with van der Waals surface area (Å²) in [5.41, 5.74) is 2.18. The fourth-order valence-corrected chi connectivity index (χ4v) is 3.92. The number of carbonyl (C=O) groups excluding carboxylic acids is 1. The number of fused-ring (bicyclic) bond motifs is 1. The monoisotopic (exact) mass is 289 g/mol. The molecule has 1 aliphatic carbocycles. The van der Waals surface area contributed by atoms with Crippen LogP contribution in [0.15, 0.2) is 24.1 Å². The predicted octanol–water partition coefficient (Wildman–Crippen LogP) is 2.50. The van der Waals surface area contributed by atoms with Gasteiger partial charge in [0.25, 0.3) is 5.91 Å². The lowest BCUT2D eigenvalue weighted by Crippen LogP contribution is -2.28. The number of carbonyl (C=O) groups is 1. The largest absolute Gasteiger partial charge is 0.350 e. The van der Waals surface area contributed by atoms with Crippen molar-refractivity contribution < 1.29 is 4.79 Å². The molecular formula is C15H19N3OS. The van der Waals surface area contributed by atoms with E-state index in [1.54, 1.807) is 23.9 Å². The van der Waals surface area contributed by atoms with Gasteiger partial charge in [0.05, 0.1) is 11.9 Å². The molecule has 0 aromatic carbocycles. The van der Waals surface area contributed by atoms with Gasteiger partial charge in [0, 0.05) is 35.7 Å². The second-order valence-electron chi connectivity index (χ2n) is 5.46. The Morgan fingerprint density at radius 2 is 2.50 bits per heavy atom. The molecule has 0 fully saturated rings. The molecule has 0 saturated heterocycles. The Labute approximate surface area is 122 Å². The molecule has 5 heteroatoms. The van der Waals surface area contributed by atoms with Crippen LogP contribution in [0.5, 0.6) is 0 Å². The van der Waals surface area contributed by atoms with Gasteiger partial charge < -0.3 is 9.88 Å². The molecule has 0 bridgehead atoms. The third kappa shape index (κ3) is 2.77. The number of nitrogens with zero attached hydrogens (tertiary/aromatic N) is 2. The highest BCUT2D eigenvalue weighted by Gasteiger charge is 2.22. The summed E-state index contributed by atoms with van der Waals surface area (Å²) >= 11 is 1.74. The van der Waals surface area contributed by atoms with Crippen LogP contribution in [0.25, 0.3) is 0 Å². The highest BCUT2D eigenvalue weighted by molar-refractivity contribution is 7.10. The minimum Gasteiger partial charge on any atom is -0.350 e. The second-order valence-corrected chi connectivity index (χ2v) is 6.42. The molecule has 2 heterocycles. The van der Waals surface area contributed by atoms with Crippen molar-refractivity contribution in [3.63, 3.8) is 0 Å². The molecule has 0 unspecified atom stereocenters. The van der Waals surface area contributed by atoms with Gasteiger partial charge in [-0.1, -0.05) is 6.92 Å². The molecule has 1 amide bonds. The van der Waals surface area contributed by atoms with Crippen LogP contribution in [0.4, 0.5) is 0 Å². The highest BCUT2D eigenvalue weighted by atomic mass is 32.1. The van der Waals surface area contributed by atoms with E-state index in [4.69, 9.17) is 0 Å².